The second-order valence-corrected chi connectivity index (χ2v) is 5.76. The molecule has 1 aliphatic rings. The summed E-state index contributed by atoms with van der Waals surface area (Å²) in [6, 6.07) is 20.3. The number of nitrogens with one attached hydrogen (secondary N) is 1. The van der Waals surface area contributed by atoms with Gasteiger partial charge in [0.1, 0.15) is 0 Å². The lowest BCUT2D eigenvalue weighted by Gasteiger charge is -2.37. The molecular formula is C19H23N. The third kappa shape index (κ3) is 2.78. The van der Waals surface area contributed by atoms with E-state index in [4.69, 9.17) is 0 Å². The Morgan fingerprint density at radius 1 is 1.05 bits per heavy atom. The van der Waals surface area contributed by atoms with Crippen molar-refractivity contribution in [3.8, 4) is 0 Å². The molecule has 0 radical (unpaired) electrons. The van der Waals surface area contributed by atoms with Crippen molar-refractivity contribution in [1.29, 1.82) is 0 Å². The van der Waals surface area contributed by atoms with Crippen LogP contribution in [0.1, 0.15) is 36.0 Å². The highest BCUT2D eigenvalue weighted by molar-refractivity contribution is 5.41. The van der Waals surface area contributed by atoms with Crippen LogP contribution >= 0.6 is 0 Å². The highest BCUT2D eigenvalue weighted by Crippen LogP contribution is 2.38. The summed E-state index contributed by atoms with van der Waals surface area (Å²) in [4.78, 5) is 0. The zero-order chi connectivity index (χ0) is 13.8. The molecule has 104 valence electrons. The summed E-state index contributed by atoms with van der Waals surface area (Å²) in [6.07, 6.45) is 3.55. The molecule has 2 aromatic rings. The van der Waals surface area contributed by atoms with Crippen LogP contribution in [0, 0.1) is 0 Å². The molecule has 0 heterocycles. The summed E-state index contributed by atoms with van der Waals surface area (Å²) in [5.41, 5.74) is 4.52. The highest BCUT2D eigenvalue weighted by Gasteiger charge is 2.32. The van der Waals surface area contributed by atoms with Crippen molar-refractivity contribution >= 4 is 0 Å². The van der Waals surface area contributed by atoms with Gasteiger partial charge in [0.2, 0.25) is 0 Å². The van der Waals surface area contributed by atoms with E-state index in [0.29, 0.717) is 12.0 Å². The topological polar surface area (TPSA) is 12.0 Å². The molecule has 2 unspecified atom stereocenters. The van der Waals surface area contributed by atoms with Gasteiger partial charge in [-0.1, -0.05) is 61.5 Å². The summed E-state index contributed by atoms with van der Waals surface area (Å²) >= 11 is 0. The molecule has 0 saturated carbocycles. The fraction of sp³-hybridized carbons (Fsp3) is 0.368. The van der Waals surface area contributed by atoms with Crippen LogP contribution in [0.2, 0.25) is 0 Å². The van der Waals surface area contributed by atoms with Crippen molar-refractivity contribution in [2.24, 2.45) is 0 Å². The maximum absolute atomic E-state index is 3.76. The van der Waals surface area contributed by atoms with Gasteiger partial charge in [0.15, 0.2) is 0 Å². The first-order chi connectivity index (χ1) is 9.88. The quantitative estimate of drug-likeness (QED) is 0.834. The van der Waals surface area contributed by atoms with Gasteiger partial charge in [0.05, 0.1) is 0 Å². The Bertz CT molecular complexity index is 547. The van der Waals surface area contributed by atoms with Crippen LogP contribution in [0.3, 0.4) is 0 Å². The second-order valence-electron chi connectivity index (χ2n) is 5.76. The van der Waals surface area contributed by atoms with Crippen LogP contribution in [0.4, 0.5) is 0 Å². The van der Waals surface area contributed by atoms with Crippen molar-refractivity contribution in [2.75, 3.05) is 6.54 Å². The van der Waals surface area contributed by atoms with Gasteiger partial charge in [-0.05, 0) is 42.5 Å². The Hall–Kier alpha value is -1.60. The monoisotopic (exact) mass is 265 g/mol. The van der Waals surface area contributed by atoms with E-state index in [1.165, 1.54) is 24.0 Å². The van der Waals surface area contributed by atoms with Crippen molar-refractivity contribution in [3.63, 3.8) is 0 Å². The summed E-state index contributed by atoms with van der Waals surface area (Å²) in [5.74, 6) is 0.679. The zero-order valence-corrected chi connectivity index (χ0v) is 12.2. The Morgan fingerprint density at radius 2 is 1.80 bits per heavy atom. The van der Waals surface area contributed by atoms with Crippen LogP contribution in [-0.4, -0.2) is 12.6 Å². The Kier molecular flexibility index (Phi) is 4.17. The normalized spacial score (nSPS) is 18.1. The minimum absolute atomic E-state index is 0.562. The summed E-state index contributed by atoms with van der Waals surface area (Å²) < 4.78 is 0. The molecule has 2 aromatic carbocycles. The minimum Gasteiger partial charge on any atom is -0.313 e. The predicted octanol–water partition coefficient (Wildman–Crippen LogP) is 3.94. The molecule has 0 fully saturated rings. The first-order valence-electron chi connectivity index (χ1n) is 7.73. The van der Waals surface area contributed by atoms with E-state index in [-0.39, 0.29) is 0 Å². The van der Waals surface area contributed by atoms with Gasteiger partial charge in [-0.3, -0.25) is 0 Å². The lowest BCUT2D eigenvalue weighted by Crippen LogP contribution is -2.41. The molecule has 3 rings (SSSR count). The van der Waals surface area contributed by atoms with Gasteiger partial charge < -0.3 is 5.32 Å². The van der Waals surface area contributed by atoms with Crippen LogP contribution in [0.15, 0.2) is 54.6 Å². The first-order valence-corrected chi connectivity index (χ1v) is 7.73. The fourth-order valence-corrected chi connectivity index (χ4v) is 3.21. The van der Waals surface area contributed by atoms with E-state index in [1.54, 1.807) is 5.56 Å². The van der Waals surface area contributed by atoms with Crippen molar-refractivity contribution < 1.29 is 0 Å². The second kappa shape index (κ2) is 6.23. The molecule has 1 heteroatoms. The zero-order valence-electron chi connectivity index (χ0n) is 12.2. The molecule has 1 aliphatic carbocycles. The average molecular weight is 265 g/mol. The molecule has 2 atom stereocenters. The predicted molar refractivity (Wildman–Crippen MR) is 85.1 cm³/mol. The fourth-order valence-electron chi connectivity index (χ4n) is 3.21. The highest BCUT2D eigenvalue weighted by atomic mass is 14.9. The van der Waals surface area contributed by atoms with Gasteiger partial charge >= 0.3 is 0 Å². The van der Waals surface area contributed by atoms with Crippen LogP contribution in [-0.2, 0) is 12.8 Å². The van der Waals surface area contributed by atoms with Gasteiger partial charge in [0.25, 0.3) is 0 Å². The van der Waals surface area contributed by atoms with Crippen LogP contribution < -0.4 is 5.32 Å². The standard InChI is InChI=1S/C19H23N/c1-2-12-20-19(13-15-8-4-3-5-9-15)18-14-16-10-6-7-11-17(16)18/h3-11,18-20H,2,12-14H2,1H3. The SMILES string of the molecule is CCCNC(Cc1ccccc1)C1Cc2ccccc21. The van der Waals surface area contributed by atoms with E-state index in [1.807, 2.05) is 0 Å². The van der Waals surface area contributed by atoms with E-state index in [9.17, 15) is 0 Å². The molecule has 0 bridgehead atoms. The van der Waals surface area contributed by atoms with E-state index in [0.717, 1.165) is 13.0 Å². The average Bonchev–Trinajstić information content (AvgIpc) is 2.47. The van der Waals surface area contributed by atoms with Crippen LogP contribution in [0.5, 0.6) is 0 Å². The van der Waals surface area contributed by atoms with E-state index >= 15 is 0 Å². The molecule has 0 amide bonds. The van der Waals surface area contributed by atoms with Gasteiger partial charge in [-0.2, -0.15) is 0 Å². The van der Waals surface area contributed by atoms with E-state index in [2.05, 4.69) is 66.8 Å². The number of rotatable bonds is 6. The van der Waals surface area contributed by atoms with Crippen molar-refractivity contribution in [2.45, 2.75) is 38.1 Å². The Labute approximate surface area is 122 Å². The molecule has 0 aromatic heterocycles. The third-order valence-corrected chi connectivity index (χ3v) is 4.34. The smallest absolute Gasteiger partial charge is 0.0179 e. The molecule has 0 spiro atoms. The van der Waals surface area contributed by atoms with Gasteiger partial charge in [-0.25, -0.2) is 0 Å². The number of benzene rings is 2. The summed E-state index contributed by atoms with van der Waals surface area (Å²) in [5, 5.41) is 3.76. The van der Waals surface area contributed by atoms with Crippen molar-refractivity contribution in [3.05, 3.63) is 71.3 Å². The molecule has 20 heavy (non-hydrogen) atoms. The number of fused-ring (bicyclic) bond motifs is 1. The molecule has 0 saturated heterocycles. The maximum atomic E-state index is 3.76. The first kappa shape index (κ1) is 13.4. The molecule has 1 N–H and O–H groups in total. The summed E-state index contributed by atoms with van der Waals surface area (Å²) in [7, 11) is 0. The summed E-state index contributed by atoms with van der Waals surface area (Å²) in [6.45, 7) is 3.34. The molecule has 0 aliphatic heterocycles. The maximum Gasteiger partial charge on any atom is 0.0179 e. The van der Waals surface area contributed by atoms with E-state index < -0.39 is 0 Å². The van der Waals surface area contributed by atoms with Gasteiger partial charge in [0, 0.05) is 12.0 Å². The largest absolute Gasteiger partial charge is 0.313 e. The molecule has 1 nitrogen and oxygen atoms in total. The lowest BCUT2D eigenvalue weighted by atomic mass is 9.72. The number of hydrogen-bond acceptors (Lipinski definition) is 1. The lowest BCUT2D eigenvalue weighted by molar-refractivity contribution is 0.397. The Balaban J connectivity index is 1.74. The Morgan fingerprint density at radius 3 is 2.55 bits per heavy atom. The number of hydrogen-bond donors (Lipinski definition) is 1. The minimum atomic E-state index is 0.562. The van der Waals surface area contributed by atoms with Crippen LogP contribution in [0.25, 0.3) is 0 Å². The third-order valence-electron chi connectivity index (χ3n) is 4.34. The van der Waals surface area contributed by atoms with Crippen molar-refractivity contribution in [1.82, 2.24) is 5.32 Å². The van der Waals surface area contributed by atoms with Gasteiger partial charge in [-0.15, -0.1) is 0 Å². The molecular weight excluding hydrogens is 242 g/mol.